The number of anilines is 2. The number of rotatable bonds is 7. The van der Waals surface area contributed by atoms with Crippen molar-refractivity contribution in [2.24, 2.45) is 5.41 Å². The van der Waals surface area contributed by atoms with E-state index in [2.05, 4.69) is 15.3 Å². The van der Waals surface area contributed by atoms with E-state index in [0.29, 0.717) is 0 Å². The van der Waals surface area contributed by atoms with Crippen LogP contribution in [0.3, 0.4) is 0 Å². The zero-order valence-corrected chi connectivity index (χ0v) is 23.5. The summed E-state index contributed by atoms with van der Waals surface area (Å²) in [5.41, 5.74) is -1.31. The number of cyclic esters (lactones) is 1. The number of alkyl halides is 3. The van der Waals surface area contributed by atoms with E-state index in [9.17, 15) is 32.8 Å². The number of nitrogens with zero attached hydrogens (tertiary/aromatic N) is 5. The molecule has 14 heteroatoms. The highest BCUT2D eigenvalue weighted by molar-refractivity contribution is 6.23. The molecule has 0 radical (unpaired) electrons. The summed E-state index contributed by atoms with van der Waals surface area (Å²) in [6.07, 6.45) is 7.73. The summed E-state index contributed by atoms with van der Waals surface area (Å²) < 4.78 is 47.2. The van der Waals surface area contributed by atoms with Crippen molar-refractivity contribution >= 4 is 41.0 Å². The van der Waals surface area contributed by atoms with Gasteiger partial charge in [-0.3, -0.25) is 19.5 Å². The van der Waals surface area contributed by atoms with Crippen LogP contribution in [0.4, 0.5) is 29.5 Å². The first kappa shape index (κ1) is 30.0. The number of hydrogen-bond donors (Lipinski definition) is 1. The second-order valence-corrected chi connectivity index (χ2v) is 11.2. The fraction of sp³-hybridized carbons (Fsp3) is 0.379. The van der Waals surface area contributed by atoms with Gasteiger partial charge in [0.1, 0.15) is 23.7 Å². The predicted molar refractivity (Wildman–Crippen MR) is 149 cm³/mol. The van der Waals surface area contributed by atoms with Crippen molar-refractivity contribution in [3.63, 3.8) is 0 Å². The molecule has 2 fully saturated rings. The molecule has 3 heterocycles. The Morgan fingerprint density at radius 3 is 2.72 bits per heavy atom. The van der Waals surface area contributed by atoms with E-state index in [4.69, 9.17) is 16.3 Å². The number of allylic oxidation sites excluding steroid dienone is 3. The van der Waals surface area contributed by atoms with Gasteiger partial charge < -0.3 is 10.1 Å². The molecule has 1 saturated heterocycles. The highest BCUT2D eigenvalue weighted by atomic mass is 35.5. The first-order valence-electron chi connectivity index (χ1n) is 13.4. The van der Waals surface area contributed by atoms with Crippen molar-refractivity contribution in [2.75, 3.05) is 16.4 Å². The molecule has 0 aromatic carbocycles. The third-order valence-electron chi connectivity index (χ3n) is 7.71. The lowest BCUT2D eigenvalue weighted by Gasteiger charge is -2.47. The van der Waals surface area contributed by atoms with Gasteiger partial charge in [0.05, 0.1) is 41.7 Å². The van der Waals surface area contributed by atoms with Gasteiger partial charge in [0, 0.05) is 43.0 Å². The van der Waals surface area contributed by atoms with Crippen LogP contribution in [-0.4, -0.2) is 63.9 Å². The number of pyridine rings is 2. The number of halogens is 4. The SMILES string of the molecule is CC1([C@@H](C(=O)NC2CC(F)(F)C2)N(C(=O)[C@@H]2CCOC(=O)N2c2cc(C#N)ccn2)c2cncc(F)c2)C=CC=CC1Cl. The summed E-state index contributed by atoms with van der Waals surface area (Å²) in [6, 6.07) is 1.94. The van der Waals surface area contributed by atoms with E-state index >= 15 is 0 Å². The summed E-state index contributed by atoms with van der Waals surface area (Å²) in [6.45, 7) is 1.45. The molecule has 224 valence electrons. The Morgan fingerprint density at radius 2 is 2.05 bits per heavy atom. The zero-order chi connectivity index (χ0) is 30.9. The molecule has 1 aliphatic heterocycles. The average Bonchev–Trinajstić information content (AvgIpc) is 2.96. The molecular weight excluding hydrogens is 589 g/mol. The number of hydrogen-bond acceptors (Lipinski definition) is 7. The summed E-state index contributed by atoms with van der Waals surface area (Å²) >= 11 is 6.74. The molecule has 0 bridgehead atoms. The van der Waals surface area contributed by atoms with Crippen molar-refractivity contribution in [1.82, 2.24) is 15.3 Å². The largest absolute Gasteiger partial charge is 0.449 e. The van der Waals surface area contributed by atoms with Crippen molar-refractivity contribution in [2.45, 2.75) is 55.6 Å². The van der Waals surface area contributed by atoms with Crippen molar-refractivity contribution < 1.29 is 32.3 Å². The lowest BCUT2D eigenvalue weighted by molar-refractivity contribution is -0.135. The van der Waals surface area contributed by atoms with Gasteiger partial charge in [-0.05, 0) is 12.1 Å². The Balaban J connectivity index is 1.63. The topological polar surface area (TPSA) is 129 Å². The van der Waals surface area contributed by atoms with Gasteiger partial charge in [0.2, 0.25) is 5.91 Å². The summed E-state index contributed by atoms with van der Waals surface area (Å²) in [4.78, 5) is 51.7. The fourth-order valence-electron chi connectivity index (χ4n) is 5.47. The summed E-state index contributed by atoms with van der Waals surface area (Å²) in [5.74, 6) is -5.45. The lowest BCUT2D eigenvalue weighted by atomic mass is 9.74. The van der Waals surface area contributed by atoms with Crippen molar-refractivity contribution in [3.8, 4) is 6.07 Å². The Kier molecular flexibility index (Phi) is 8.16. The first-order chi connectivity index (χ1) is 20.4. The van der Waals surface area contributed by atoms with Gasteiger partial charge >= 0.3 is 6.09 Å². The van der Waals surface area contributed by atoms with Crippen molar-refractivity contribution in [1.29, 1.82) is 5.26 Å². The third-order valence-corrected chi connectivity index (χ3v) is 8.33. The van der Waals surface area contributed by atoms with Crippen LogP contribution < -0.4 is 15.1 Å². The van der Waals surface area contributed by atoms with Gasteiger partial charge in [-0.2, -0.15) is 5.26 Å². The van der Waals surface area contributed by atoms with Gasteiger partial charge in [0.25, 0.3) is 11.8 Å². The Bertz CT molecular complexity index is 1540. The number of carbonyl (C=O) groups excluding carboxylic acids is 3. The molecule has 2 unspecified atom stereocenters. The normalized spacial score (nSPS) is 25.2. The van der Waals surface area contributed by atoms with Crippen molar-refractivity contribution in [3.05, 3.63) is 72.5 Å². The third kappa shape index (κ3) is 5.92. The first-order valence-corrected chi connectivity index (χ1v) is 13.8. The predicted octanol–water partition coefficient (Wildman–Crippen LogP) is 4.26. The number of aromatic nitrogens is 2. The second-order valence-electron chi connectivity index (χ2n) is 10.8. The van der Waals surface area contributed by atoms with Gasteiger partial charge in [-0.25, -0.2) is 27.8 Å². The molecule has 4 atom stereocenters. The molecule has 10 nitrogen and oxygen atoms in total. The minimum Gasteiger partial charge on any atom is -0.449 e. The number of carbonyl (C=O) groups is 3. The fourth-order valence-corrected chi connectivity index (χ4v) is 5.75. The van der Waals surface area contributed by atoms with E-state index in [1.807, 2.05) is 6.07 Å². The minimum absolute atomic E-state index is 0.0533. The quantitative estimate of drug-likeness (QED) is 0.462. The lowest BCUT2D eigenvalue weighted by Crippen LogP contribution is -2.66. The number of ether oxygens (including phenoxy) is 1. The van der Waals surface area contributed by atoms with E-state index in [1.165, 1.54) is 24.5 Å². The van der Waals surface area contributed by atoms with E-state index in [1.54, 1.807) is 31.2 Å². The molecule has 3 amide bonds. The Morgan fingerprint density at radius 1 is 1.28 bits per heavy atom. The van der Waals surface area contributed by atoms with Gasteiger partial charge in [-0.1, -0.05) is 31.2 Å². The molecule has 5 rings (SSSR count). The standard InChI is InChI=1S/C29H26ClF3N6O4/c1-28(7-3-2-4-22(28)30)24(25(40)37-19-12-29(32,33)13-19)38(20-11-18(31)15-35-16-20)26(41)21-6-9-43-27(42)39(21)23-10-17(14-34)5-8-36-23/h2-5,7-8,10-11,15-16,19,21-22,24H,6,9,12-13H2,1H3,(H,37,40)/t21-,22?,24+,28?/m0/s1. The molecule has 2 aliphatic carbocycles. The van der Waals surface area contributed by atoms with Crippen LogP contribution >= 0.6 is 11.6 Å². The van der Waals surface area contributed by atoms with E-state index in [0.717, 1.165) is 22.1 Å². The monoisotopic (exact) mass is 614 g/mol. The molecule has 3 aliphatic rings. The van der Waals surface area contributed by atoms with Crippen LogP contribution in [0.15, 0.2) is 61.1 Å². The molecule has 2 aromatic rings. The highest BCUT2D eigenvalue weighted by Crippen LogP contribution is 2.42. The molecule has 43 heavy (non-hydrogen) atoms. The molecule has 2 aromatic heterocycles. The molecular formula is C29H26ClF3N6O4. The van der Waals surface area contributed by atoms with Crippen LogP contribution in [0.2, 0.25) is 0 Å². The van der Waals surface area contributed by atoms with Crippen LogP contribution in [0.25, 0.3) is 0 Å². The van der Waals surface area contributed by atoms with E-state index < -0.39 is 71.4 Å². The highest BCUT2D eigenvalue weighted by Gasteiger charge is 2.53. The minimum atomic E-state index is -2.93. The number of nitriles is 1. The molecule has 0 spiro atoms. The Labute approximate surface area is 249 Å². The average molecular weight is 615 g/mol. The second kappa shape index (κ2) is 11.7. The molecule has 1 N–H and O–H groups in total. The summed E-state index contributed by atoms with van der Waals surface area (Å²) in [5, 5.41) is 11.1. The van der Waals surface area contributed by atoms with E-state index in [-0.39, 0.29) is 30.1 Å². The van der Waals surface area contributed by atoms with Crippen LogP contribution in [0, 0.1) is 22.6 Å². The smallest absolute Gasteiger partial charge is 0.416 e. The summed E-state index contributed by atoms with van der Waals surface area (Å²) in [7, 11) is 0. The maximum absolute atomic E-state index is 14.7. The Hall–Kier alpha value is -4.44. The number of amides is 3. The van der Waals surface area contributed by atoms with Crippen LogP contribution in [0.1, 0.15) is 31.7 Å². The van der Waals surface area contributed by atoms with Gasteiger partial charge in [-0.15, -0.1) is 11.6 Å². The van der Waals surface area contributed by atoms with Crippen LogP contribution in [0.5, 0.6) is 0 Å². The molecule has 1 saturated carbocycles. The van der Waals surface area contributed by atoms with Gasteiger partial charge in [0.15, 0.2) is 0 Å². The zero-order valence-electron chi connectivity index (χ0n) is 22.8. The van der Waals surface area contributed by atoms with Crippen LogP contribution in [-0.2, 0) is 14.3 Å². The maximum atomic E-state index is 14.7. The maximum Gasteiger partial charge on any atom is 0.416 e. The number of nitrogens with one attached hydrogen (secondary N) is 1.